The van der Waals surface area contributed by atoms with Gasteiger partial charge in [0.2, 0.25) is 0 Å². The lowest BCUT2D eigenvalue weighted by Crippen LogP contribution is -2.35. The maximum absolute atomic E-state index is 12.1. The van der Waals surface area contributed by atoms with Crippen molar-refractivity contribution in [1.29, 1.82) is 0 Å². The molecule has 5 nitrogen and oxygen atoms in total. The van der Waals surface area contributed by atoms with Crippen molar-refractivity contribution >= 4 is 5.97 Å². The largest absolute Gasteiger partial charge is 0.466 e. The lowest BCUT2D eigenvalue weighted by Gasteiger charge is -2.34. The molecule has 0 rings (SSSR count). The molecule has 0 saturated heterocycles. The Morgan fingerprint density at radius 2 is 1.12 bits per heavy atom. The van der Waals surface area contributed by atoms with Crippen LogP contribution in [0.2, 0.25) is 0 Å². The Hall–Kier alpha value is -0.650. The topological polar surface area (TPSA) is 54.0 Å². The highest BCUT2D eigenvalue weighted by Crippen LogP contribution is 2.29. The summed E-state index contributed by atoms with van der Waals surface area (Å²) in [6.07, 6.45) is 25.6. The summed E-state index contributed by atoms with van der Waals surface area (Å²) >= 11 is 0. The molecule has 0 spiro atoms. The van der Waals surface area contributed by atoms with Crippen LogP contribution in [-0.2, 0) is 23.7 Å². The van der Waals surface area contributed by atoms with E-state index < -0.39 is 0 Å². The predicted molar refractivity (Wildman–Crippen MR) is 170 cm³/mol. The second-order valence-corrected chi connectivity index (χ2v) is 12.1. The molecule has 0 N–H and O–H groups in total. The second-order valence-electron chi connectivity index (χ2n) is 12.1. The number of unbranched alkanes of at least 4 members (excludes halogenated alkanes) is 13. The van der Waals surface area contributed by atoms with Crippen LogP contribution in [0.25, 0.3) is 0 Å². The van der Waals surface area contributed by atoms with E-state index in [1.807, 2.05) is 0 Å². The Morgan fingerprint density at radius 3 is 1.68 bits per heavy atom. The normalized spacial score (nSPS) is 13.4. The summed E-state index contributed by atoms with van der Waals surface area (Å²) in [5, 5.41) is 0. The Kier molecular flexibility index (Phi) is 26.8. The van der Waals surface area contributed by atoms with Gasteiger partial charge >= 0.3 is 5.97 Å². The van der Waals surface area contributed by atoms with Crippen LogP contribution in [0.5, 0.6) is 0 Å². The molecule has 0 fully saturated rings. The van der Waals surface area contributed by atoms with Gasteiger partial charge in [-0.05, 0) is 51.9 Å². The first kappa shape index (κ1) is 39.4. The van der Waals surface area contributed by atoms with Gasteiger partial charge in [0.05, 0.1) is 24.4 Å². The van der Waals surface area contributed by atoms with Crippen molar-refractivity contribution in [3.05, 3.63) is 0 Å². The molecule has 0 amide bonds. The number of rotatable bonds is 31. The number of carbonyl (C=O) groups is 1. The Balaban J connectivity index is 3.62. The minimum absolute atomic E-state index is 0.0594. The molecule has 0 aliphatic carbocycles. The molecular formula is C35H70O5. The molecule has 0 heterocycles. The predicted octanol–water partition coefficient (Wildman–Crippen LogP) is 10.4. The molecule has 1 atom stereocenters. The molecule has 0 aliphatic heterocycles. The maximum Gasteiger partial charge on any atom is 0.305 e. The number of hydrogen-bond donors (Lipinski definition) is 0. The third-order valence-electron chi connectivity index (χ3n) is 8.92. The summed E-state index contributed by atoms with van der Waals surface area (Å²) in [5.74, 6) is -0.0760. The molecule has 0 aromatic carbocycles. The number of esters is 1. The molecule has 0 radical (unpaired) electrons. The lowest BCUT2D eigenvalue weighted by molar-refractivity contribution is -0.144. The highest BCUT2D eigenvalue weighted by Gasteiger charge is 2.28. The third kappa shape index (κ3) is 22.0. The number of methoxy groups -OCH3 is 1. The third-order valence-corrected chi connectivity index (χ3v) is 8.92. The zero-order chi connectivity index (χ0) is 29.8. The standard InChI is InChI=1S/C35H70O5/c1-7-11-12-13-14-15-16-17-18-19-20-24-29-38-30-25-31-39-33(36)26-22-21-23-27-35(9-3,10-4)40-32-28-34(5,8-2)37-6/h7-32H2,1-6H3. The molecule has 40 heavy (non-hydrogen) atoms. The SMILES string of the molecule is CCCCCCCCCCCCCCOCCCOC(=O)CCCCCC(CC)(CC)OCCC(C)(CC)OC. The van der Waals surface area contributed by atoms with E-state index in [-0.39, 0.29) is 17.2 Å². The zero-order valence-electron chi connectivity index (χ0n) is 27.9. The van der Waals surface area contributed by atoms with Gasteiger partial charge in [-0.1, -0.05) is 111 Å². The van der Waals surface area contributed by atoms with Crippen LogP contribution in [0.15, 0.2) is 0 Å². The van der Waals surface area contributed by atoms with Crippen molar-refractivity contribution in [2.45, 2.75) is 187 Å². The second kappa shape index (κ2) is 27.2. The first-order chi connectivity index (χ1) is 19.4. The van der Waals surface area contributed by atoms with Crippen LogP contribution >= 0.6 is 0 Å². The molecular weight excluding hydrogens is 500 g/mol. The van der Waals surface area contributed by atoms with Gasteiger partial charge in [-0.2, -0.15) is 0 Å². The average Bonchev–Trinajstić information content (AvgIpc) is 2.97. The Labute approximate surface area is 250 Å². The molecule has 0 aromatic heterocycles. The van der Waals surface area contributed by atoms with E-state index in [2.05, 4.69) is 34.6 Å². The highest BCUT2D eigenvalue weighted by molar-refractivity contribution is 5.69. The molecule has 0 saturated carbocycles. The summed E-state index contributed by atoms with van der Waals surface area (Å²) in [5.41, 5.74) is -0.165. The summed E-state index contributed by atoms with van der Waals surface area (Å²) in [4.78, 5) is 12.1. The maximum atomic E-state index is 12.1. The van der Waals surface area contributed by atoms with E-state index in [1.165, 1.54) is 70.6 Å². The van der Waals surface area contributed by atoms with Gasteiger partial charge in [-0.15, -0.1) is 0 Å². The lowest BCUT2D eigenvalue weighted by atomic mass is 9.90. The first-order valence-electron chi connectivity index (χ1n) is 17.3. The van der Waals surface area contributed by atoms with E-state index >= 15 is 0 Å². The summed E-state index contributed by atoms with van der Waals surface area (Å²) < 4.78 is 23.2. The van der Waals surface area contributed by atoms with Crippen molar-refractivity contribution in [2.24, 2.45) is 0 Å². The van der Waals surface area contributed by atoms with Crippen molar-refractivity contribution in [1.82, 2.24) is 0 Å². The van der Waals surface area contributed by atoms with Gasteiger partial charge in [-0.3, -0.25) is 4.79 Å². The zero-order valence-corrected chi connectivity index (χ0v) is 27.9. The van der Waals surface area contributed by atoms with Gasteiger partial charge < -0.3 is 18.9 Å². The monoisotopic (exact) mass is 571 g/mol. The van der Waals surface area contributed by atoms with Crippen molar-refractivity contribution in [3.63, 3.8) is 0 Å². The summed E-state index contributed by atoms with van der Waals surface area (Å²) in [7, 11) is 1.79. The molecule has 240 valence electrons. The van der Waals surface area contributed by atoms with E-state index in [0.29, 0.717) is 19.6 Å². The van der Waals surface area contributed by atoms with Crippen LogP contribution in [0.4, 0.5) is 0 Å². The summed E-state index contributed by atoms with van der Waals surface area (Å²) in [6.45, 7) is 13.8. The van der Waals surface area contributed by atoms with Crippen LogP contribution < -0.4 is 0 Å². The van der Waals surface area contributed by atoms with Crippen LogP contribution in [0, 0.1) is 0 Å². The first-order valence-corrected chi connectivity index (χ1v) is 17.3. The van der Waals surface area contributed by atoms with Crippen molar-refractivity contribution in [3.8, 4) is 0 Å². The number of carbonyl (C=O) groups excluding carboxylic acids is 1. The van der Waals surface area contributed by atoms with Crippen LogP contribution in [-0.4, -0.2) is 50.7 Å². The fraction of sp³-hybridized carbons (Fsp3) is 0.971. The van der Waals surface area contributed by atoms with Gasteiger partial charge in [-0.25, -0.2) is 0 Å². The molecule has 0 aliphatic rings. The van der Waals surface area contributed by atoms with Crippen LogP contribution in [0.3, 0.4) is 0 Å². The minimum atomic E-state index is -0.105. The van der Waals surface area contributed by atoms with E-state index in [1.54, 1.807) is 7.11 Å². The molecule has 5 heteroatoms. The van der Waals surface area contributed by atoms with Gasteiger partial charge in [0.1, 0.15) is 0 Å². The van der Waals surface area contributed by atoms with Crippen molar-refractivity contribution in [2.75, 3.05) is 33.5 Å². The molecule has 0 bridgehead atoms. The fourth-order valence-corrected chi connectivity index (χ4v) is 5.25. The van der Waals surface area contributed by atoms with E-state index in [0.717, 1.165) is 77.4 Å². The highest BCUT2D eigenvalue weighted by atomic mass is 16.5. The minimum Gasteiger partial charge on any atom is -0.466 e. The van der Waals surface area contributed by atoms with Gasteiger partial charge in [0, 0.05) is 33.2 Å². The van der Waals surface area contributed by atoms with Gasteiger partial charge in [0.25, 0.3) is 0 Å². The van der Waals surface area contributed by atoms with Gasteiger partial charge in [0.15, 0.2) is 0 Å². The quantitative estimate of drug-likeness (QED) is 0.0613. The Bertz CT molecular complexity index is 542. The summed E-state index contributed by atoms with van der Waals surface area (Å²) in [6, 6.07) is 0. The smallest absolute Gasteiger partial charge is 0.305 e. The Morgan fingerprint density at radius 1 is 0.575 bits per heavy atom. The average molecular weight is 571 g/mol. The van der Waals surface area contributed by atoms with Crippen molar-refractivity contribution < 1.29 is 23.7 Å². The van der Waals surface area contributed by atoms with E-state index in [4.69, 9.17) is 18.9 Å². The fourth-order valence-electron chi connectivity index (χ4n) is 5.25. The number of ether oxygens (including phenoxy) is 4. The molecule has 1 unspecified atom stereocenters. The number of hydrogen-bond acceptors (Lipinski definition) is 5. The molecule has 0 aromatic rings. The van der Waals surface area contributed by atoms with E-state index in [9.17, 15) is 4.79 Å². The van der Waals surface area contributed by atoms with Crippen LogP contribution in [0.1, 0.15) is 176 Å².